The highest BCUT2D eigenvalue weighted by atomic mass is 16.3. The Morgan fingerprint density at radius 1 is 1.17 bits per heavy atom. The Hall–Kier alpha value is -3.09. The summed E-state index contributed by atoms with van der Waals surface area (Å²) in [6.45, 7) is 0.398. The molecule has 2 heterocycles. The molecule has 1 aliphatic rings. The number of rotatable bonds is 5. The molecular formula is C17H17N3O4. The van der Waals surface area contributed by atoms with Gasteiger partial charge < -0.3 is 20.4 Å². The van der Waals surface area contributed by atoms with E-state index in [-0.39, 0.29) is 18.2 Å². The smallest absolute Gasteiger partial charge is 0.254 e. The molecule has 3 N–H and O–H groups in total. The molecule has 0 spiro atoms. The van der Waals surface area contributed by atoms with Gasteiger partial charge in [-0.2, -0.15) is 0 Å². The third-order valence-corrected chi connectivity index (χ3v) is 3.71. The first-order valence-electron chi connectivity index (χ1n) is 7.63. The quantitative estimate of drug-likeness (QED) is 0.765. The lowest BCUT2D eigenvalue weighted by Crippen LogP contribution is -2.44. The zero-order valence-electron chi connectivity index (χ0n) is 12.9. The molecule has 2 aromatic rings. The maximum absolute atomic E-state index is 12.2. The van der Waals surface area contributed by atoms with Gasteiger partial charge in [0.2, 0.25) is 11.8 Å². The lowest BCUT2D eigenvalue weighted by atomic mass is 10.1. The number of nitrogens with one attached hydrogen (secondary N) is 3. The molecule has 0 saturated heterocycles. The normalized spacial score (nSPS) is 16.6. The Bertz CT molecular complexity index is 755. The zero-order chi connectivity index (χ0) is 16.9. The van der Waals surface area contributed by atoms with E-state index in [1.54, 1.807) is 36.6 Å². The number of carbonyl (C=O) groups is 3. The van der Waals surface area contributed by atoms with E-state index >= 15 is 0 Å². The molecule has 124 valence electrons. The van der Waals surface area contributed by atoms with Crippen LogP contribution in [0, 0.1) is 0 Å². The van der Waals surface area contributed by atoms with E-state index in [1.165, 1.54) is 0 Å². The van der Waals surface area contributed by atoms with Crippen molar-refractivity contribution in [3.05, 3.63) is 54.0 Å². The molecule has 1 aromatic carbocycles. The van der Waals surface area contributed by atoms with Crippen LogP contribution < -0.4 is 16.0 Å². The number of furan rings is 1. The highest BCUT2D eigenvalue weighted by molar-refractivity contribution is 6.10. The summed E-state index contributed by atoms with van der Waals surface area (Å²) in [6.07, 6.45) is 2.01. The fourth-order valence-electron chi connectivity index (χ4n) is 2.49. The minimum Gasteiger partial charge on any atom is -0.469 e. The van der Waals surface area contributed by atoms with E-state index < -0.39 is 11.9 Å². The molecule has 24 heavy (non-hydrogen) atoms. The second-order valence-electron chi connectivity index (χ2n) is 5.44. The lowest BCUT2D eigenvalue weighted by Gasteiger charge is -2.14. The van der Waals surface area contributed by atoms with Crippen LogP contribution in [0.15, 0.2) is 47.1 Å². The summed E-state index contributed by atoms with van der Waals surface area (Å²) in [5, 5.41) is 7.97. The highest BCUT2D eigenvalue weighted by Crippen LogP contribution is 2.18. The van der Waals surface area contributed by atoms with Crippen molar-refractivity contribution in [3.8, 4) is 0 Å². The van der Waals surface area contributed by atoms with Crippen molar-refractivity contribution < 1.29 is 18.8 Å². The van der Waals surface area contributed by atoms with E-state index in [0.717, 1.165) is 5.76 Å². The van der Waals surface area contributed by atoms with Gasteiger partial charge >= 0.3 is 0 Å². The van der Waals surface area contributed by atoms with Gasteiger partial charge in [0.25, 0.3) is 5.91 Å². The fraction of sp³-hybridized carbons (Fsp3) is 0.235. The molecule has 7 heteroatoms. The highest BCUT2D eigenvalue weighted by Gasteiger charge is 2.29. The number of amides is 3. The predicted molar refractivity (Wildman–Crippen MR) is 86.4 cm³/mol. The van der Waals surface area contributed by atoms with Crippen molar-refractivity contribution >= 4 is 23.4 Å². The molecule has 1 aromatic heterocycles. The first-order valence-corrected chi connectivity index (χ1v) is 7.63. The second-order valence-corrected chi connectivity index (χ2v) is 5.44. The van der Waals surface area contributed by atoms with E-state index in [9.17, 15) is 14.4 Å². The van der Waals surface area contributed by atoms with Crippen LogP contribution >= 0.6 is 0 Å². The van der Waals surface area contributed by atoms with Gasteiger partial charge in [-0.1, -0.05) is 12.1 Å². The largest absolute Gasteiger partial charge is 0.469 e. The number of carbonyl (C=O) groups excluding carboxylic acids is 3. The Labute approximate surface area is 138 Å². The van der Waals surface area contributed by atoms with Crippen LogP contribution in [0.3, 0.4) is 0 Å². The Kier molecular flexibility index (Phi) is 4.60. The molecule has 1 aliphatic heterocycles. The topological polar surface area (TPSA) is 100 Å². The number of hydrogen-bond acceptors (Lipinski definition) is 4. The predicted octanol–water partition coefficient (Wildman–Crippen LogP) is 1.08. The summed E-state index contributed by atoms with van der Waals surface area (Å²) in [6, 6.07) is 9.41. The SMILES string of the molecule is O=C(C[C@H]1NC(=O)c2ccccc2NC1=O)NCCc1ccco1. The molecule has 3 amide bonds. The number of benzene rings is 1. The number of hydrogen-bond donors (Lipinski definition) is 3. The molecule has 1 atom stereocenters. The maximum atomic E-state index is 12.2. The lowest BCUT2D eigenvalue weighted by molar-refractivity contribution is -0.125. The molecule has 0 fully saturated rings. The van der Waals surface area contributed by atoms with Gasteiger partial charge in [-0.05, 0) is 24.3 Å². The Morgan fingerprint density at radius 3 is 2.79 bits per heavy atom. The summed E-state index contributed by atoms with van der Waals surface area (Å²) in [5.74, 6) is -0.328. The molecule has 3 rings (SSSR count). The van der Waals surface area contributed by atoms with Crippen LogP contribution in [0.5, 0.6) is 0 Å². The van der Waals surface area contributed by atoms with Crippen LogP contribution in [0.4, 0.5) is 5.69 Å². The molecule has 0 bridgehead atoms. The first kappa shape index (κ1) is 15.8. The maximum Gasteiger partial charge on any atom is 0.254 e. The van der Waals surface area contributed by atoms with Gasteiger partial charge in [0.15, 0.2) is 0 Å². The monoisotopic (exact) mass is 327 g/mol. The third-order valence-electron chi connectivity index (χ3n) is 3.71. The van der Waals surface area contributed by atoms with Gasteiger partial charge in [0.1, 0.15) is 11.8 Å². The van der Waals surface area contributed by atoms with E-state index in [2.05, 4.69) is 16.0 Å². The van der Waals surface area contributed by atoms with Crippen LogP contribution in [0.25, 0.3) is 0 Å². The fourth-order valence-corrected chi connectivity index (χ4v) is 2.49. The van der Waals surface area contributed by atoms with Crippen molar-refractivity contribution in [2.75, 3.05) is 11.9 Å². The van der Waals surface area contributed by atoms with Crippen molar-refractivity contribution in [3.63, 3.8) is 0 Å². The summed E-state index contributed by atoms with van der Waals surface area (Å²) < 4.78 is 5.18. The van der Waals surface area contributed by atoms with Gasteiger partial charge in [-0.25, -0.2) is 0 Å². The molecule has 7 nitrogen and oxygen atoms in total. The minimum absolute atomic E-state index is 0.121. The molecule has 0 aliphatic carbocycles. The number of fused-ring (bicyclic) bond motifs is 1. The summed E-state index contributed by atoms with van der Waals surface area (Å²) >= 11 is 0. The molecular weight excluding hydrogens is 310 g/mol. The zero-order valence-corrected chi connectivity index (χ0v) is 12.9. The van der Waals surface area contributed by atoms with Crippen LogP contribution in [-0.4, -0.2) is 30.3 Å². The summed E-state index contributed by atoms with van der Waals surface area (Å²) in [4.78, 5) is 36.4. The van der Waals surface area contributed by atoms with Crippen molar-refractivity contribution in [2.45, 2.75) is 18.9 Å². The van der Waals surface area contributed by atoms with E-state index in [0.29, 0.717) is 24.2 Å². The number of para-hydroxylation sites is 1. The van der Waals surface area contributed by atoms with Gasteiger partial charge in [-0.3, -0.25) is 14.4 Å². The first-order chi connectivity index (χ1) is 11.6. The summed E-state index contributed by atoms with van der Waals surface area (Å²) in [7, 11) is 0. The summed E-state index contributed by atoms with van der Waals surface area (Å²) in [5.41, 5.74) is 0.826. The third kappa shape index (κ3) is 3.62. The van der Waals surface area contributed by atoms with Crippen LogP contribution in [0.1, 0.15) is 22.5 Å². The van der Waals surface area contributed by atoms with Gasteiger partial charge in [0.05, 0.1) is 23.9 Å². The van der Waals surface area contributed by atoms with Crippen LogP contribution in [-0.2, 0) is 16.0 Å². The second kappa shape index (κ2) is 6.99. The van der Waals surface area contributed by atoms with Crippen molar-refractivity contribution in [1.29, 1.82) is 0 Å². The molecule has 0 radical (unpaired) electrons. The average molecular weight is 327 g/mol. The van der Waals surface area contributed by atoms with Crippen LogP contribution in [0.2, 0.25) is 0 Å². The van der Waals surface area contributed by atoms with Crippen molar-refractivity contribution in [2.24, 2.45) is 0 Å². The van der Waals surface area contributed by atoms with E-state index in [4.69, 9.17) is 4.42 Å². The molecule has 0 saturated carbocycles. The Balaban J connectivity index is 1.56. The standard InChI is InChI=1S/C17H17N3O4/c21-15(18-8-7-11-4-3-9-24-11)10-14-17(23)19-13-6-2-1-5-12(13)16(22)20-14/h1-6,9,14H,7-8,10H2,(H,18,21)(H,19,23)(H,20,22)/t14-/m1/s1. The van der Waals surface area contributed by atoms with Gasteiger partial charge in [0, 0.05) is 13.0 Å². The van der Waals surface area contributed by atoms with Crippen molar-refractivity contribution in [1.82, 2.24) is 10.6 Å². The minimum atomic E-state index is -0.909. The molecule has 0 unspecified atom stereocenters. The number of anilines is 1. The average Bonchev–Trinajstić information content (AvgIpc) is 3.04. The van der Waals surface area contributed by atoms with Gasteiger partial charge in [-0.15, -0.1) is 0 Å². The Morgan fingerprint density at radius 2 is 2.00 bits per heavy atom. The van der Waals surface area contributed by atoms with E-state index in [1.807, 2.05) is 6.07 Å².